The highest BCUT2D eigenvalue weighted by Crippen LogP contribution is 2.15. The molecule has 16 heavy (non-hydrogen) atoms. The predicted molar refractivity (Wildman–Crippen MR) is 58.1 cm³/mol. The molecular weight excluding hydrogens is 206 g/mol. The highest BCUT2D eigenvalue weighted by molar-refractivity contribution is 5.72. The standard InChI is InChI=1S/C12H13NO3/c1-2-3-11(12(14)15)16-10-6-4-9(8-13)5-7-10/h4-7,11H,2-3H2,1H3,(H,14,15). The van der Waals surface area contributed by atoms with Crippen LogP contribution in [0.4, 0.5) is 0 Å². The molecule has 1 aromatic carbocycles. The number of aliphatic carboxylic acids is 1. The smallest absolute Gasteiger partial charge is 0.344 e. The SMILES string of the molecule is CCCC(Oc1ccc(C#N)cc1)C(=O)O. The number of nitriles is 1. The molecule has 0 aliphatic rings. The average Bonchev–Trinajstić information content (AvgIpc) is 2.29. The Morgan fingerprint density at radius 3 is 2.56 bits per heavy atom. The molecule has 0 aromatic heterocycles. The molecule has 0 amide bonds. The highest BCUT2D eigenvalue weighted by Gasteiger charge is 2.17. The maximum absolute atomic E-state index is 10.8. The van der Waals surface area contributed by atoms with Crippen molar-refractivity contribution in [1.82, 2.24) is 0 Å². The third-order valence-electron chi connectivity index (χ3n) is 2.09. The zero-order chi connectivity index (χ0) is 12.0. The average molecular weight is 219 g/mol. The summed E-state index contributed by atoms with van der Waals surface area (Å²) in [6.45, 7) is 1.90. The minimum absolute atomic E-state index is 0.468. The predicted octanol–water partition coefficient (Wildman–Crippen LogP) is 2.19. The maximum Gasteiger partial charge on any atom is 0.344 e. The van der Waals surface area contributed by atoms with Crippen molar-refractivity contribution >= 4 is 5.97 Å². The van der Waals surface area contributed by atoms with Crippen LogP contribution in [0.5, 0.6) is 5.75 Å². The van der Waals surface area contributed by atoms with Gasteiger partial charge in [0.2, 0.25) is 0 Å². The van der Waals surface area contributed by atoms with Crippen LogP contribution in [0.2, 0.25) is 0 Å². The van der Waals surface area contributed by atoms with Crippen LogP contribution in [0.25, 0.3) is 0 Å². The molecule has 1 atom stereocenters. The lowest BCUT2D eigenvalue weighted by Crippen LogP contribution is -2.26. The zero-order valence-corrected chi connectivity index (χ0v) is 9.01. The molecular formula is C12H13NO3. The van der Waals surface area contributed by atoms with Crippen molar-refractivity contribution in [1.29, 1.82) is 5.26 Å². The molecule has 84 valence electrons. The Bertz CT molecular complexity index is 392. The van der Waals surface area contributed by atoms with Crippen LogP contribution < -0.4 is 4.74 Å². The van der Waals surface area contributed by atoms with E-state index in [1.165, 1.54) is 0 Å². The normalized spacial score (nSPS) is 11.5. The monoisotopic (exact) mass is 219 g/mol. The molecule has 0 saturated carbocycles. The molecule has 0 fully saturated rings. The van der Waals surface area contributed by atoms with E-state index in [0.717, 1.165) is 6.42 Å². The van der Waals surface area contributed by atoms with Crippen LogP contribution in [0, 0.1) is 11.3 Å². The van der Waals surface area contributed by atoms with E-state index in [1.807, 2.05) is 13.0 Å². The molecule has 1 unspecified atom stereocenters. The van der Waals surface area contributed by atoms with Gasteiger partial charge >= 0.3 is 5.97 Å². The van der Waals surface area contributed by atoms with Gasteiger partial charge in [-0.1, -0.05) is 13.3 Å². The van der Waals surface area contributed by atoms with E-state index in [1.54, 1.807) is 24.3 Å². The largest absolute Gasteiger partial charge is 0.479 e. The first-order valence-corrected chi connectivity index (χ1v) is 5.07. The Hall–Kier alpha value is -2.02. The number of carboxylic acid groups (broad SMARTS) is 1. The number of carbonyl (C=O) groups is 1. The number of hydrogen-bond acceptors (Lipinski definition) is 3. The maximum atomic E-state index is 10.8. The van der Waals surface area contributed by atoms with E-state index in [-0.39, 0.29) is 0 Å². The molecule has 0 aliphatic carbocycles. The molecule has 4 heteroatoms. The van der Waals surface area contributed by atoms with Crippen molar-refractivity contribution in [2.24, 2.45) is 0 Å². The minimum atomic E-state index is -0.966. The number of rotatable bonds is 5. The van der Waals surface area contributed by atoms with Gasteiger partial charge in [-0.2, -0.15) is 5.26 Å². The fourth-order valence-corrected chi connectivity index (χ4v) is 1.27. The van der Waals surface area contributed by atoms with E-state index < -0.39 is 12.1 Å². The first-order valence-electron chi connectivity index (χ1n) is 5.07. The van der Waals surface area contributed by atoms with Crippen molar-refractivity contribution in [2.45, 2.75) is 25.9 Å². The van der Waals surface area contributed by atoms with Crippen LogP contribution in [0.1, 0.15) is 25.3 Å². The lowest BCUT2D eigenvalue weighted by atomic mass is 10.2. The molecule has 0 saturated heterocycles. The van der Waals surface area contributed by atoms with Crippen molar-refractivity contribution < 1.29 is 14.6 Å². The van der Waals surface area contributed by atoms with Gasteiger partial charge in [0.25, 0.3) is 0 Å². The van der Waals surface area contributed by atoms with E-state index >= 15 is 0 Å². The third kappa shape index (κ3) is 3.28. The van der Waals surface area contributed by atoms with E-state index in [9.17, 15) is 4.79 Å². The first-order chi connectivity index (χ1) is 7.67. The summed E-state index contributed by atoms with van der Waals surface area (Å²) in [6, 6.07) is 8.38. The molecule has 0 spiro atoms. The Labute approximate surface area is 94.1 Å². The van der Waals surface area contributed by atoms with Crippen LogP contribution in [0.3, 0.4) is 0 Å². The lowest BCUT2D eigenvalue weighted by molar-refractivity contribution is -0.145. The second-order valence-corrected chi connectivity index (χ2v) is 3.37. The number of carboxylic acids is 1. The molecule has 0 aliphatic heterocycles. The Morgan fingerprint density at radius 1 is 1.50 bits per heavy atom. The molecule has 1 rings (SSSR count). The van der Waals surface area contributed by atoms with Gasteiger partial charge in [0.15, 0.2) is 6.10 Å². The molecule has 0 heterocycles. The van der Waals surface area contributed by atoms with Gasteiger partial charge < -0.3 is 9.84 Å². The lowest BCUT2D eigenvalue weighted by Gasteiger charge is -2.13. The molecule has 4 nitrogen and oxygen atoms in total. The fourth-order valence-electron chi connectivity index (χ4n) is 1.27. The van der Waals surface area contributed by atoms with Gasteiger partial charge in [0, 0.05) is 0 Å². The van der Waals surface area contributed by atoms with Gasteiger partial charge in [-0.05, 0) is 30.7 Å². The van der Waals surface area contributed by atoms with Crippen LogP contribution in [0.15, 0.2) is 24.3 Å². The minimum Gasteiger partial charge on any atom is -0.479 e. The molecule has 0 bridgehead atoms. The van der Waals surface area contributed by atoms with Crippen molar-refractivity contribution in [2.75, 3.05) is 0 Å². The van der Waals surface area contributed by atoms with Crippen LogP contribution in [-0.4, -0.2) is 17.2 Å². The summed E-state index contributed by atoms with van der Waals surface area (Å²) in [5.74, 6) is -0.494. The van der Waals surface area contributed by atoms with Crippen molar-refractivity contribution in [3.05, 3.63) is 29.8 Å². The Kier molecular flexibility index (Phi) is 4.34. The second kappa shape index (κ2) is 5.76. The summed E-state index contributed by atoms with van der Waals surface area (Å²) in [7, 11) is 0. The summed E-state index contributed by atoms with van der Waals surface area (Å²) in [5, 5.41) is 17.5. The van der Waals surface area contributed by atoms with Gasteiger partial charge in [0.1, 0.15) is 5.75 Å². The van der Waals surface area contributed by atoms with E-state index in [4.69, 9.17) is 15.1 Å². The summed E-state index contributed by atoms with van der Waals surface area (Å²) in [6.07, 6.45) is 0.390. The number of nitrogens with zero attached hydrogens (tertiary/aromatic N) is 1. The molecule has 1 aromatic rings. The zero-order valence-electron chi connectivity index (χ0n) is 9.01. The van der Waals surface area contributed by atoms with E-state index in [2.05, 4.69) is 0 Å². The van der Waals surface area contributed by atoms with Gasteiger partial charge in [-0.25, -0.2) is 4.79 Å². The van der Waals surface area contributed by atoms with Crippen molar-refractivity contribution in [3.8, 4) is 11.8 Å². The fraction of sp³-hybridized carbons (Fsp3) is 0.333. The van der Waals surface area contributed by atoms with Crippen LogP contribution in [-0.2, 0) is 4.79 Å². The van der Waals surface area contributed by atoms with E-state index in [0.29, 0.717) is 17.7 Å². The highest BCUT2D eigenvalue weighted by atomic mass is 16.5. The second-order valence-electron chi connectivity index (χ2n) is 3.37. The number of benzene rings is 1. The molecule has 0 radical (unpaired) electrons. The first kappa shape index (κ1) is 12.1. The quantitative estimate of drug-likeness (QED) is 0.824. The summed E-state index contributed by atoms with van der Waals surface area (Å²) in [5.41, 5.74) is 0.523. The third-order valence-corrected chi connectivity index (χ3v) is 2.09. The topological polar surface area (TPSA) is 70.3 Å². The van der Waals surface area contributed by atoms with Gasteiger partial charge in [0.05, 0.1) is 11.6 Å². The number of ether oxygens (including phenoxy) is 1. The summed E-state index contributed by atoms with van der Waals surface area (Å²) >= 11 is 0. The van der Waals surface area contributed by atoms with Gasteiger partial charge in [-0.15, -0.1) is 0 Å². The molecule has 1 N–H and O–H groups in total. The summed E-state index contributed by atoms with van der Waals surface area (Å²) < 4.78 is 5.31. The van der Waals surface area contributed by atoms with Gasteiger partial charge in [-0.3, -0.25) is 0 Å². The Balaban J connectivity index is 2.70. The van der Waals surface area contributed by atoms with Crippen molar-refractivity contribution in [3.63, 3.8) is 0 Å². The number of hydrogen-bond donors (Lipinski definition) is 1. The van der Waals surface area contributed by atoms with Crippen LogP contribution >= 0.6 is 0 Å². The summed E-state index contributed by atoms with van der Waals surface area (Å²) in [4.78, 5) is 10.8. The Morgan fingerprint density at radius 2 is 2.12 bits per heavy atom.